The lowest BCUT2D eigenvalue weighted by Gasteiger charge is -1.93. The Kier molecular flexibility index (Phi) is 6.56. The fraction of sp³-hybridized carbons (Fsp3) is 0.889. The van der Waals surface area contributed by atoms with Gasteiger partial charge in [0, 0.05) is 12.8 Å². The first-order chi connectivity index (χ1) is 4.81. The SMILES string of the molecule is CCCC=[N+](C)CCCC. The molecule has 0 saturated carbocycles. The molecule has 0 heterocycles. The van der Waals surface area contributed by atoms with Crippen LogP contribution in [0.15, 0.2) is 0 Å². The van der Waals surface area contributed by atoms with Gasteiger partial charge in [-0.2, -0.15) is 0 Å². The molecule has 0 aromatic heterocycles. The maximum absolute atomic E-state index is 2.30. The number of nitrogens with zero attached hydrogens (tertiary/aromatic N) is 1. The van der Waals surface area contributed by atoms with Crippen molar-refractivity contribution in [3.05, 3.63) is 0 Å². The molecule has 0 atom stereocenters. The molecule has 0 fully saturated rings. The molecule has 0 saturated heterocycles. The van der Waals surface area contributed by atoms with Gasteiger partial charge in [0.1, 0.15) is 19.8 Å². The summed E-state index contributed by atoms with van der Waals surface area (Å²) in [5.74, 6) is 0. The zero-order chi connectivity index (χ0) is 7.82. The summed E-state index contributed by atoms with van der Waals surface area (Å²) in [6, 6.07) is 0. The summed E-state index contributed by atoms with van der Waals surface area (Å²) in [7, 11) is 2.16. The Morgan fingerprint density at radius 1 is 1.20 bits per heavy atom. The van der Waals surface area contributed by atoms with Gasteiger partial charge >= 0.3 is 0 Å². The largest absolute Gasteiger partial charge is 0.242 e. The van der Waals surface area contributed by atoms with Crippen LogP contribution in [-0.4, -0.2) is 24.4 Å². The molecule has 0 aliphatic rings. The fourth-order valence-corrected chi connectivity index (χ4v) is 0.848. The summed E-state index contributed by atoms with van der Waals surface area (Å²) in [6.45, 7) is 5.66. The van der Waals surface area contributed by atoms with Crippen molar-refractivity contribution in [3.8, 4) is 0 Å². The average Bonchev–Trinajstić information content (AvgIpc) is 1.97. The van der Waals surface area contributed by atoms with E-state index >= 15 is 0 Å². The number of hydrogen-bond acceptors (Lipinski definition) is 0. The van der Waals surface area contributed by atoms with Gasteiger partial charge < -0.3 is 0 Å². The monoisotopic (exact) mass is 142 g/mol. The molecule has 0 aromatic rings. The second-order valence-electron chi connectivity index (χ2n) is 2.81. The number of rotatable bonds is 5. The van der Waals surface area contributed by atoms with Gasteiger partial charge in [-0.25, -0.2) is 4.58 Å². The van der Waals surface area contributed by atoms with Gasteiger partial charge in [-0.05, 0) is 6.42 Å². The van der Waals surface area contributed by atoms with Crippen molar-refractivity contribution in [1.82, 2.24) is 0 Å². The Bertz CT molecular complexity index is 94.9. The van der Waals surface area contributed by atoms with Crippen molar-refractivity contribution in [2.75, 3.05) is 13.6 Å². The minimum absolute atomic E-state index is 1.22. The molecule has 0 N–H and O–H groups in total. The third kappa shape index (κ3) is 5.80. The standard InChI is InChI=1S/C9H20N/c1-4-6-8-10(3)9-7-5-2/h8H,4-7,9H2,1-3H3/q+1. The van der Waals surface area contributed by atoms with E-state index < -0.39 is 0 Å². The maximum atomic E-state index is 2.30. The molecule has 0 unspecified atom stereocenters. The molecule has 0 rings (SSSR count). The van der Waals surface area contributed by atoms with E-state index in [1.807, 2.05) is 0 Å². The van der Waals surface area contributed by atoms with Gasteiger partial charge in [0.2, 0.25) is 0 Å². The van der Waals surface area contributed by atoms with E-state index in [4.69, 9.17) is 0 Å². The van der Waals surface area contributed by atoms with Crippen LogP contribution in [0.5, 0.6) is 0 Å². The van der Waals surface area contributed by atoms with E-state index in [-0.39, 0.29) is 0 Å². The van der Waals surface area contributed by atoms with Crippen LogP contribution in [0.2, 0.25) is 0 Å². The van der Waals surface area contributed by atoms with E-state index in [0.29, 0.717) is 0 Å². The molecule has 0 bridgehead atoms. The summed E-state index contributed by atoms with van der Waals surface area (Å²) >= 11 is 0. The predicted molar refractivity (Wildman–Crippen MR) is 46.9 cm³/mol. The number of unbranched alkanes of at least 4 members (excludes halogenated alkanes) is 2. The molecule has 0 radical (unpaired) electrons. The highest BCUT2D eigenvalue weighted by molar-refractivity contribution is 5.50. The van der Waals surface area contributed by atoms with Crippen molar-refractivity contribution in [2.45, 2.75) is 39.5 Å². The van der Waals surface area contributed by atoms with Crippen LogP contribution in [-0.2, 0) is 0 Å². The van der Waals surface area contributed by atoms with Crippen molar-refractivity contribution in [1.29, 1.82) is 0 Å². The van der Waals surface area contributed by atoms with Crippen molar-refractivity contribution in [3.63, 3.8) is 0 Å². The summed E-state index contributed by atoms with van der Waals surface area (Å²) in [5.41, 5.74) is 0. The highest BCUT2D eigenvalue weighted by Gasteiger charge is 1.92. The highest BCUT2D eigenvalue weighted by Crippen LogP contribution is 1.86. The Balaban J connectivity index is 3.30. The summed E-state index contributed by atoms with van der Waals surface area (Å²) in [4.78, 5) is 0. The Hall–Kier alpha value is -0.330. The molecule has 0 aromatic carbocycles. The van der Waals surface area contributed by atoms with E-state index in [9.17, 15) is 0 Å². The third-order valence-corrected chi connectivity index (χ3v) is 1.59. The van der Waals surface area contributed by atoms with Crippen LogP contribution in [0.1, 0.15) is 39.5 Å². The smallest absolute Gasteiger partial charge is 0.142 e. The normalized spacial score (nSPS) is 12.1. The molecule has 0 amide bonds. The highest BCUT2D eigenvalue weighted by atomic mass is 14.9. The Morgan fingerprint density at radius 2 is 1.90 bits per heavy atom. The van der Waals surface area contributed by atoms with E-state index in [1.54, 1.807) is 0 Å². The molecular weight excluding hydrogens is 122 g/mol. The van der Waals surface area contributed by atoms with Crippen LogP contribution in [0.4, 0.5) is 0 Å². The van der Waals surface area contributed by atoms with Gasteiger partial charge in [-0.3, -0.25) is 0 Å². The minimum atomic E-state index is 1.22. The predicted octanol–water partition coefficient (Wildman–Crippen LogP) is 2.30. The summed E-state index contributed by atoms with van der Waals surface area (Å²) in [6.07, 6.45) is 7.38. The van der Waals surface area contributed by atoms with E-state index in [2.05, 4.69) is 31.7 Å². The van der Waals surface area contributed by atoms with Crippen LogP contribution >= 0.6 is 0 Å². The van der Waals surface area contributed by atoms with Crippen LogP contribution in [0.3, 0.4) is 0 Å². The van der Waals surface area contributed by atoms with Crippen molar-refractivity contribution in [2.24, 2.45) is 0 Å². The average molecular weight is 142 g/mol. The molecule has 10 heavy (non-hydrogen) atoms. The van der Waals surface area contributed by atoms with Crippen LogP contribution in [0.25, 0.3) is 0 Å². The van der Waals surface area contributed by atoms with Gasteiger partial charge in [-0.15, -0.1) is 0 Å². The first-order valence-electron chi connectivity index (χ1n) is 4.34. The third-order valence-electron chi connectivity index (χ3n) is 1.59. The lowest BCUT2D eigenvalue weighted by atomic mass is 10.3. The molecular formula is C9H20N+. The molecule has 1 heteroatoms. The first-order valence-corrected chi connectivity index (χ1v) is 4.34. The second-order valence-corrected chi connectivity index (χ2v) is 2.81. The second kappa shape index (κ2) is 6.79. The summed E-state index contributed by atoms with van der Waals surface area (Å²) < 4.78 is 2.30. The first kappa shape index (κ1) is 9.67. The van der Waals surface area contributed by atoms with E-state index in [0.717, 1.165) is 0 Å². The van der Waals surface area contributed by atoms with Gasteiger partial charge in [-0.1, -0.05) is 20.3 Å². The van der Waals surface area contributed by atoms with Gasteiger partial charge in [0.25, 0.3) is 0 Å². The summed E-state index contributed by atoms with van der Waals surface area (Å²) in [5, 5.41) is 0. The maximum Gasteiger partial charge on any atom is 0.142 e. The Morgan fingerprint density at radius 3 is 2.40 bits per heavy atom. The van der Waals surface area contributed by atoms with Crippen molar-refractivity contribution < 1.29 is 4.58 Å². The molecule has 60 valence electrons. The Labute approximate surface area is 64.8 Å². The molecule has 1 nitrogen and oxygen atoms in total. The zero-order valence-corrected chi connectivity index (χ0v) is 7.56. The molecule has 0 aliphatic heterocycles. The zero-order valence-electron chi connectivity index (χ0n) is 7.56. The van der Waals surface area contributed by atoms with Crippen LogP contribution < -0.4 is 0 Å². The lowest BCUT2D eigenvalue weighted by Crippen LogP contribution is -2.08. The van der Waals surface area contributed by atoms with Gasteiger partial charge in [0.15, 0.2) is 0 Å². The molecule has 0 aliphatic carbocycles. The molecule has 0 spiro atoms. The van der Waals surface area contributed by atoms with Gasteiger partial charge in [0.05, 0.1) is 0 Å². The minimum Gasteiger partial charge on any atom is -0.242 e. The van der Waals surface area contributed by atoms with Crippen LogP contribution in [0, 0.1) is 0 Å². The number of hydrogen-bond donors (Lipinski definition) is 0. The quantitative estimate of drug-likeness (QED) is 0.409. The lowest BCUT2D eigenvalue weighted by molar-refractivity contribution is -0.494. The van der Waals surface area contributed by atoms with E-state index in [1.165, 1.54) is 32.2 Å². The van der Waals surface area contributed by atoms with Crippen molar-refractivity contribution >= 4 is 6.21 Å². The fourth-order valence-electron chi connectivity index (χ4n) is 0.848. The topological polar surface area (TPSA) is 3.01 Å².